The predicted octanol–water partition coefficient (Wildman–Crippen LogP) is 0.553. The van der Waals surface area contributed by atoms with Crippen molar-refractivity contribution < 1.29 is 0 Å². The summed E-state index contributed by atoms with van der Waals surface area (Å²) in [6.45, 7) is 0. The van der Waals surface area contributed by atoms with E-state index >= 15 is 0 Å². The molecule has 0 aliphatic heterocycles. The summed E-state index contributed by atoms with van der Waals surface area (Å²) in [6.07, 6.45) is 6.89. The third-order valence-electron chi connectivity index (χ3n) is 3.08. The van der Waals surface area contributed by atoms with Crippen LogP contribution in [-0.2, 0) is 0 Å². The van der Waals surface area contributed by atoms with Gasteiger partial charge in [-0.15, -0.1) is 0 Å². The smallest absolute Gasteiger partial charge is 0.248 e. The molecule has 0 amide bonds. The van der Waals surface area contributed by atoms with Gasteiger partial charge >= 0.3 is 0 Å². The Morgan fingerprint density at radius 2 is 2.00 bits per heavy atom. The largest absolute Gasteiger partial charge is 0.283 e. The van der Waals surface area contributed by atoms with E-state index in [1.54, 1.807) is 29.4 Å². The number of hydrogen-bond acceptors (Lipinski definition) is 3. The Morgan fingerprint density at radius 1 is 1.10 bits per heavy atom. The molecule has 0 spiro atoms. The zero-order valence-corrected chi connectivity index (χ0v) is 11.0. The lowest BCUT2D eigenvalue weighted by atomic mass is 9.95. The molecule has 20 heavy (non-hydrogen) atoms. The van der Waals surface area contributed by atoms with Gasteiger partial charge in [0.25, 0.3) is 0 Å². The van der Waals surface area contributed by atoms with E-state index in [9.17, 15) is 4.79 Å². The molecule has 5 heteroatoms. The lowest BCUT2D eigenvalue weighted by Crippen LogP contribution is -2.33. The van der Waals surface area contributed by atoms with Crippen LogP contribution in [0, 0.1) is 0 Å². The van der Waals surface area contributed by atoms with Gasteiger partial charge < -0.3 is 0 Å². The minimum atomic E-state index is -0.0438. The minimum absolute atomic E-state index is 0.0438. The van der Waals surface area contributed by atoms with Crippen LogP contribution in [0.15, 0.2) is 66.0 Å². The van der Waals surface area contributed by atoms with Gasteiger partial charge in [-0.05, 0) is 29.7 Å². The van der Waals surface area contributed by atoms with Crippen molar-refractivity contribution in [2.24, 2.45) is 0 Å². The third-order valence-corrected chi connectivity index (χ3v) is 3.08. The van der Waals surface area contributed by atoms with Crippen molar-refractivity contribution in [1.82, 2.24) is 14.5 Å². The number of rotatable bonds is 2. The summed E-state index contributed by atoms with van der Waals surface area (Å²) in [4.78, 5) is 20.6. The number of pyridine rings is 3. The minimum Gasteiger partial charge on any atom is -0.283 e. The maximum atomic E-state index is 12.3. The second-order valence-corrected chi connectivity index (χ2v) is 4.51. The summed E-state index contributed by atoms with van der Waals surface area (Å²) in [7, 11) is 1.81. The molecule has 0 aliphatic carbocycles. The highest BCUT2D eigenvalue weighted by molar-refractivity contribution is 6.32. The van der Waals surface area contributed by atoms with Crippen LogP contribution >= 0.6 is 0 Å². The predicted molar refractivity (Wildman–Crippen MR) is 81.2 cm³/mol. The first-order valence-corrected chi connectivity index (χ1v) is 6.31. The Hall–Kier alpha value is -2.69. The van der Waals surface area contributed by atoms with Crippen LogP contribution in [0.3, 0.4) is 0 Å². The summed E-state index contributed by atoms with van der Waals surface area (Å²) in [5.41, 5.74) is 3.13. The zero-order valence-electron chi connectivity index (χ0n) is 11.0. The van der Waals surface area contributed by atoms with Crippen LogP contribution < -0.4 is 11.0 Å². The van der Waals surface area contributed by atoms with Gasteiger partial charge in [-0.25, -0.2) is 0 Å². The van der Waals surface area contributed by atoms with Crippen LogP contribution in [0.2, 0.25) is 0 Å². The van der Waals surface area contributed by atoms with E-state index in [2.05, 4.69) is 9.97 Å². The van der Waals surface area contributed by atoms with Gasteiger partial charge in [0.05, 0.1) is 17.6 Å². The highest BCUT2D eigenvalue weighted by atomic mass is 16.1. The molecule has 0 bridgehead atoms. The molecule has 0 unspecified atom stereocenters. The van der Waals surface area contributed by atoms with Crippen LogP contribution in [0.4, 0.5) is 0 Å². The van der Waals surface area contributed by atoms with Gasteiger partial charge in [0, 0.05) is 24.2 Å². The van der Waals surface area contributed by atoms with Crippen LogP contribution in [-0.4, -0.2) is 22.4 Å². The van der Waals surface area contributed by atoms with Gasteiger partial charge in [0.1, 0.15) is 7.85 Å². The summed E-state index contributed by atoms with van der Waals surface area (Å²) in [5.74, 6) is 0. The summed E-state index contributed by atoms with van der Waals surface area (Å²) in [5, 5.41) is 0. The maximum absolute atomic E-state index is 12.3. The van der Waals surface area contributed by atoms with Crippen molar-refractivity contribution in [3.05, 3.63) is 71.5 Å². The van der Waals surface area contributed by atoms with Crippen molar-refractivity contribution in [2.75, 3.05) is 0 Å². The Kier molecular flexibility index (Phi) is 3.17. The van der Waals surface area contributed by atoms with E-state index in [0.29, 0.717) is 5.46 Å². The van der Waals surface area contributed by atoms with Crippen LogP contribution in [0.5, 0.6) is 0 Å². The third kappa shape index (κ3) is 2.25. The quantitative estimate of drug-likeness (QED) is 0.633. The molecule has 3 heterocycles. The molecule has 0 atom stereocenters. The lowest BCUT2D eigenvalue weighted by Gasteiger charge is -2.09. The first-order chi connectivity index (χ1) is 9.75. The van der Waals surface area contributed by atoms with Crippen molar-refractivity contribution >= 4 is 13.3 Å². The second-order valence-electron chi connectivity index (χ2n) is 4.51. The Labute approximate surface area is 117 Å². The Bertz CT molecular complexity index is 785. The van der Waals surface area contributed by atoms with E-state index in [-0.39, 0.29) is 5.56 Å². The SMILES string of the molecule is Bc1cc(-c2ccccn2)cn(-c2cccnc2)c1=O. The molecule has 3 rings (SSSR count). The monoisotopic (exact) mass is 261 g/mol. The fraction of sp³-hybridized carbons (Fsp3) is 0. The molecule has 3 aromatic heterocycles. The van der Waals surface area contributed by atoms with E-state index in [1.165, 1.54) is 0 Å². The molecule has 0 saturated carbocycles. The van der Waals surface area contributed by atoms with Gasteiger partial charge in [0.15, 0.2) is 0 Å². The number of hydrogen-bond donors (Lipinski definition) is 0. The summed E-state index contributed by atoms with van der Waals surface area (Å²) in [6, 6.07) is 11.2. The Morgan fingerprint density at radius 3 is 2.70 bits per heavy atom. The first kappa shape index (κ1) is 12.4. The molecule has 0 aliphatic rings. The lowest BCUT2D eigenvalue weighted by molar-refractivity contribution is 0.988. The van der Waals surface area contributed by atoms with Crippen molar-refractivity contribution in [3.63, 3.8) is 0 Å². The molecule has 3 aromatic rings. The first-order valence-electron chi connectivity index (χ1n) is 6.31. The summed E-state index contributed by atoms with van der Waals surface area (Å²) < 4.78 is 1.60. The molecule has 0 N–H and O–H groups in total. The molecule has 4 nitrogen and oxygen atoms in total. The standard InChI is InChI=1S/C15H12BN3O/c16-13-8-11(14-5-1-2-7-18-14)10-19(15(13)20)12-4-3-6-17-9-12/h1-10H,16H2. The van der Waals surface area contributed by atoms with E-state index in [1.807, 2.05) is 44.2 Å². The normalized spacial score (nSPS) is 10.4. The van der Waals surface area contributed by atoms with Crippen LogP contribution in [0.25, 0.3) is 16.9 Å². The molecule has 0 fully saturated rings. The summed E-state index contributed by atoms with van der Waals surface area (Å²) >= 11 is 0. The van der Waals surface area contributed by atoms with Crippen LogP contribution in [0.1, 0.15) is 0 Å². The highest BCUT2D eigenvalue weighted by Crippen LogP contribution is 2.14. The Balaban J connectivity index is 2.22. The molecular formula is C15H12BN3O. The fourth-order valence-corrected chi connectivity index (χ4v) is 2.08. The van der Waals surface area contributed by atoms with E-state index < -0.39 is 0 Å². The van der Waals surface area contributed by atoms with E-state index in [0.717, 1.165) is 16.9 Å². The molecule has 0 aromatic carbocycles. The fourth-order valence-electron chi connectivity index (χ4n) is 2.08. The molecular weight excluding hydrogens is 249 g/mol. The van der Waals surface area contributed by atoms with Crippen molar-refractivity contribution in [1.29, 1.82) is 0 Å². The van der Waals surface area contributed by atoms with Gasteiger partial charge in [-0.3, -0.25) is 19.3 Å². The van der Waals surface area contributed by atoms with Crippen molar-refractivity contribution in [2.45, 2.75) is 0 Å². The molecule has 0 radical (unpaired) electrons. The second kappa shape index (κ2) is 5.13. The average Bonchev–Trinajstić information content (AvgIpc) is 2.51. The zero-order chi connectivity index (χ0) is 13.9. The highest BCUT2D eigenvalue weighted by Gasteiger charge is 2.07. The van der Waals surface area contributed by atoms with Crippen molar-refractivity contribution in [3.8, 4) is 16.9 Å². The number of nitrogens with zero attached hydrogens (tertiary/aromatic N) is 3. The maximum Gasteiger partial charge on any atom is 0.248 e. The number of aromatic nitrogens is 3. The van der Waals surface area contributed by atoms with Gasteiger partial charge in [0.2, 0.25) is 5.56 Å². The molecule has 0 saturated heterocycles. The van der Waals surface area contributed by atoms with Gasteiger partial charge in [-0.2, -0.15) is 0 Å². The van der Waals surface area contributed by atoms with E-state index in [4.69, 9.17) is 0 Å². The van der Waals surface area contributed by atoms with Gasteiger partial charge in [-0.1, -0.05) is 12.1 Å². The average molecular weight is 261 g/mol. The topological polar surface area (TPSA) is 47.8 Å². The molecule has 96 valence electrons.